The molecular formula is C23H35ClN4O. The summed E-state index contributed by atoms with van der Waals surface area (Å²) in [6.45, 7) is 9.73. The van der Waals surface area contributed by atoms with E-state index in [-0.39, 0.29) is 5.92 Å². The molecule has 0 N–H and O–H groups in total. The first-order valence-electron chi connectivity index (χ1n) is 11.5. The van der Waals surface area contributed by atoms with Crippen LogP contribution in [-0.2, 0) is 4.79 Å². The van der Waals surface area contributed by atoms with Gasteiger partial charge in [0.25, 0.3) is 0 Å². The van der Waals surface area contributed by atoms with Gasteiger partial charge >= 0.3 is 0 Å². The van der Waals surface area contributed by atoms with E-state index in [1.807, 2.05) is 12.1 Å². The maximum Gasteiger partial charge on any atom is 0.225 e. The summed E-state index contributed by atoms with van der Waals surface area (Å²) in [6.07, 6.45) is 8.64. The second-order valence-electron chi connectivity index (χ2n) is 9.37. The monoisotopic (exact) mass is 418 g/mol. The fourth-order valence-corrected chi connectivity index (χ4v) is 5.30. The molecule has 1 aromatic rings. The Balaban J connectivity index is 1.25. The Kier molecular flexibility index (Phi) is 6.96. The molecule has 1 amide bonds. The van der Waals surface area contributed by atoms with Crippen LogP contribution in [0.3, 0.4) is 0 Å². The summed E-state index contributed by atoms with van der Waals surface area (Å²) in [7, 11) is 0. The molecule has 6 heteroatoms. The first kappa shape index (κ1) is 20.9. The van der Waals surface area contributed by atoms with Gasteiger partial charge in [-0.1, -0.05) is 18.5 Å². The lowest BCUT2D eigenvalue weighted by Gasteiger charge is -2.40. The lowest BCUT2D eigenvalue weighted by Crippen LogP contribution is -2.48. The summed E-state index contributed by atoms with van der Waals surface area (Å²) in [6, 6.07) is 3.86. The molecule has 160 valence electrons. The number of piperidine rings is 3. The molecule has 0 spiro atoms. The smallest absolute Gasteiger partial charge is 0.225 e. The molecule has 3 saturated heterocycles. The van der Waals surface area contributed by atoms with E-state index in [4.69, 9.17) is 11.6 Å². The fourth-order valence-electron chi connectivity index (χ4n) is 5.19. The van der Waals surface area contributed by atoms with Crippen molar-refractivity contribution in [1.29, 1.82) is 0 Å². The van der Waals surface area contributed by atoms with Crippen LogP contribution in [0.1, 0.15) is 45.4 Å². The standard InChI is InChI=1S/C23H35ClN4O/c1-18-6-11-26(12-7-18)16-19-3-2-10-28(17-19)23(29)20-8-13-27(14-9-20)22-5-4-21(24)15-25-22/h4-5,15,18-20H,2-3,6-14,16-17H2,1H3. The van der Waals surface area contributed by atoms with E-state index in [1.54, 1.807) is 6.20 Å². The zero-order valence-electron chi connectivity index (χ0n) is 17.7. The third-order valence-corrected chi connectivity index (χ3v) is 7.33. The summed E-state index contributed by atoms with van der Waals surface area (Å²) < 4.78 is 0. The minimum atomic E-state index is 0.174. The van der Waals surface area contributed by atoms with Crippen LogP contribution < -0.4 is 4.90 Å². The highest BCUT2D eigenvalue weighted by atomic mass is 35.5. The van der Waals surface area contributed by atoms with E-state index < -0.39 is 0 Å². The average Bonchev–Trinajstić information content (AvgIpc) is 2.76. The van der Waals surface area contributed by atoms with E-state index in [9.17, 15) is 4.79 Å². The van der Waals surface area contributed by atoms with Crippen molar-refractivity contribution in [3.05, 3.63) is 23.4 Å². The number of anilines is 1. The number of halogens is 1. The molecule has 3 fully saturated rings. The van der Waals surface area contributed by atoms with E-state index in [0.717, 1.165) is 57.2 Å². The Hall–Kier alpha value is -1.33. The number of carbonyl (C=O) groups excluding carboxylic acids is 1. The van der Waals surface area contributed by atoms with Gasteiger partial charge in [0.2, 0.25) is 5.91 Å². The van der Waals surface area contributed by atoms with Gasteiger partial charge in [0.05, 0.1) is 5.02 Å². The number of hydrogen-bond acceptors (Lipinski definition) is 4. The highest BCUT2D eigenvalue weighted by Crippen LogP contribution is 2.27. The summed E-state index contributed by atoms with van der Waals surface area (Å²) in [4.78, 5) is 24.7. The first-order chi connectivity index (χ1) is 14.1. The Morgan fingerprint density at radius 2 is 1.83 bits per heavy atom. The van der Waals surface area contributed by atoms with Gasteiger partial charge in [0.1, 0.15) is 5.82 Å². The Labute approximate surface area is 180 Å². The molecule has 3 aliphatic heterocycles. The molecule has 1 unspecified atom stereocenters. The van der Waals surface area contributed by atoms with E-state index in [2.05, 4.69) is 26.6 Å². The number of hydrogen-bond donors (Lipinski definition) is 0. The van der Waals surface area contributed by atoms with Crippen LogP contribution in [0, 0.1) is 17.8 Å². The molecule has 4 rings (SSSR count). The van der Waals surface area contributed by atoms with Gasteiger partial charge < -0.3 is 14.7 Å². The number of rotatable bonds is 4. The van der Waals surface area contributed by atoms with E-state index >= 15 is 0 Å². The zero-order valence-corrected chi connectivity index (χ0v) is 18.5. The SMILES string of the molecule is CC1CCN(CC2CCCN(C(=O)C3CCN(c4ccc(Cl)cn4)CC3)C2)CC1. The quantitative estimate of drug-likeness (QED) is 0.742. The molecule has 0 aromatic carbocycles. The Morgan fingerprint density at radius 3 is 2.52 bits per heavy atom. The van der Waals surface area contributed by atoms with Crippen molar-refractivity contribution >= 4 is 23.3 Å². The largest absolute Gasteiger partial charge is 0.357 e. The molecule has 0 aliphatic carbocycles. The number of carbonyl (C=O) groups is 1. The van der Waals surface area contributed by atoms with Crippen LogP contribution in [0.4, 0.5) is 5.82 Å². The molecule has 1 atom stereocenters. The molecule has 4 heterocycles. The summed E-state index contributed by atoms with van der Waals surface area (Å²) >= 11 is 5.95. The molecule has 5 nitrogen and oxygen atoms in total. The topological polar surface area (TPSA) is 39.7 Å². The molecule has 1 aromatic heterocycles. The van der Waals surface area contributed by atoms with Crippen molar-refractivity contribution in [3.8, 4) is 0 Å². The second-order valence-corrected chi connectivity index (χ2v) is 9.81. The van der Waals surface area contributed by atoms with Crippen LogP contribution in [0.25, 0.3) is 0 Å². The maximum absolute atomic E-state index is 13.2. The van der Waals surface area contributed by atoms with Crippen molar-refractivity contribution in [2.45, 2.75) is 45.4 Å². The van der Waals surface area contributed by atoms with Crippen molar-refractivity contribution in [2.24, 2.45) is 17.8 Å². The molecule has 3 aliphatic rings. The van der Waals surface area contributed by atoms with E-state index in [0.29, 0.717) is 16.8 Å². The van der Waals surface area contributed by atoms with Crippen LogP contribution in [0.2, 0.25) is 5.02 Å². The first-order valence-corrected chi connectivity index (χ1v) is 11.8. The normalized spacial score (nSPS) is 25.4. The lowest BCUT2D eigenvalue weighted by molar-refractivity contribution is -0.138. The number of nitrogens with zero attached hydrogens (tertiary/aromatic N) is 4. The third kappa shape index (κ3) is 5.43. The number of pyridine rings is 1. The number of aromatic nitrogens is 1. The van der Waals surface area contributed by atoms with Gasteiger partial charge in [-0.05, 0) is 75.6 Å². The molecule has 0 saturated carbocycles. The second kappa shape index (κ2) is 9.65. The van der Waals surface area contributed by atoms with E-state index in [1.165, 1.54) is 38.9 Å². The third-order valence-electron chi connectivity index (χ3n) is 7.10. The maximum atomic E-state index is 13.2. The van der Waals surface area contributed by atoms with Gasteiger partial charge in [-0.2, -0.15) is 0 Å². The van der Waals surface area contributed by atoms with Crippen LogP contribution in [-0.4, -0.2) is 66.5 Å². The van der Waals surface area contributed by atoms with Gasteiger partial charge in [-0.25, -0.2) is 4.98 Å². The predicted molar refractivity (Wildman–Crippen MR) is 118 cm³/mol. The Morgan fingerprint density at radius 1 is 1.07 bits per heavy atom. The zero-order chi connectivity index (χ0) is 20.2. The minimum Gasteiger partial charge on any atom is -0.357 e. The highest BCUT2D eigenvalue weighted by molar-refractivity contribution is 6.30. The molecular weight excluding hydrogens is 384 g/mol. The Bertz CT molecular complexity index is 666. The summed E-state index contributed by atoms with van der Waals surface area (Å²) in [5.74, 6) is 3.07. The fraction of sp³-hybridized carbons (Fsp3) is 0.739. The molecule has 29 heavy (non-hydrogen) atoms. The van der Waals surface area contributed by atoms with Crippen LogP contribution >= 0.6 is 11.6 Å². The van der Waals surface area contributed by atoms with Gasteiger partial charge in [0, 0.05) is 44.8 Å². The van der Waals surface area contributed by atoms with Gasteiger partial charge in [0.15, 0.2) is 0 Å². The number of amides is 1. The average molecular weight is 419 g/mol. The lowest BCUT2D eigenvalue weighted by atomic mass is 9.91. The van der Waals surface area contributed by atoms with Crippen LogP contribution in [0.15, 0.2) is 18.3 Å². The molecule has 0 radical (unpaired) electrons. The van der Waals surface area contributed by atoms with Crippen molar-refractivity contribution in [2.75, 3.05) is 50.7 Å². The molecule has 0 bridgehead atoms. The summed E-state index contributed by atoms with van der Waals surface area (Å²) in [5.41, 5.74) is 0. The predicted octanol–water partition coefficient (Wildman–Crippen LogP) is 3.92. The summed E-state index contributed by atoms with van der Waals surface area (Å²) in [5, 5.41) is 0.664. The highest BCUT2D eigenvalue weighted by Gasteiger charge is 2.32. The number of likely N-dealkylation sites (tertiary alicyclic amines) is 2. The van der Waals surface area contributed by atoms with Gasteiger partial charge in [-0.3, -0.25) is 4.79 Å². The minimum absolute atomic E-state index is 0.174. The van der Waals surface area contributed by atoms with Crippen molar-refractivity contribution in [1.82, 2.24) is 14.8 Å². The van der Waals surface area contributed by atoms with Crippen molar-refractivity contribution in [3.63, 3.8) is 0 Å². The van der Waals surface area contributed by atoms with Crippen LogP contribution in [0.5, 0.6) is 0 Å². The van der Waals surface area contributed by atoms with Crippen molar-refractivity contribution < 1.29 is 4.79 Å². The van der Waals surface area contributed by atoms with Gasteiger partial charge in [-0.15, -0.1) is 0 Å².